The summed E-state index contributed by atoms with van der Waals surface area (Å²) in [5, 5.41) is 10.7. The molecule has 8 nitrogen and oxygen atoms in total. The fourth-order valence-electron chi connectivity index (χ4n) is 4.40. The monoisotopic (exact) mass is 385 g/mol. The molecule has 1 N–H and O–H groups in total. The molecule has 0 bridgehead atoms. The first-order valence-electron chi connectivity index (χ1n) is 9.56. The number of ether oxygens (including phenoxy) is 4. The van der Waals surface area contributed by atoms with E-state index in [-0.39, 0.29) is 12.9 Å². The zero-order chi connectivity index (χ0) is 19.1. The van der Waals surface area contributed by atoms with Crippen molar-refractivity contribution < 1.29 is 24.1 Å². The Morgan fingerprint density at radius 3 is 2.79 bits per heavy atom. The van der Waals surface area contributed by atoms with E-state index in [0.717, 1.165) is 25.3 Å². The molecule has 3 aliphatic rings. The summed E-state index contributed by atoms with van der Waals surface area (Å²) in [6.07, 6.45) is 2.47. The van der Waals surface area contributed by atoms with Gasteiger partial charge in [0.1, 0.15) is 11.9 Å². The number of hydrogen-bond donors (Lipinski definition) is 1. The van der Waals surface area contributed by atoms with Gasteiger partial charge in [-0.3, -0.25) is 0 Å². The van der Waals surface area contributed by atoms with E-state index in [9.17, 15) is 5.11 Å². The van der Waals surface area contributed by atoms with Gasteiger partial charge in [0.05, 0.1) is 13.2 Å². The molecule has 2 aliphatic heterocycles. The normalized spacial score (nSPS) is 28.1. The topological polar surface area (TPSA) is 86.2 Å². The first kappa shape index (κ1) is 17.4. The van der Waals surface area contributed by atoms with E-state index in [1.54, 1.807) is 19.4 Å². The molecule has 8 heteroatoms. The number of nitrogens with zero attached hydrogens (tertiary/aromatic N) is 3. The minimum absolute atomic E-state index is 0.233. The highest BCUT2D eigenvalue weighted by molar-refractivity contribution is 5.47. The quantitative estimate of drug-likeness (QED) is 0.854. The highest BCUT2D eigenvalue weighted by Gasteiger charge is 2.43. The van der Waals surface area contributed by atoms with E-state index in [1.807, 2.05) is 18.2 Å². The molecular formula is C20H23N3O5. The van der Waals surface area contributed by atoms with Crippen molar-refractivity contribution in [3.8, 4) is 23.1 Å². The maximum Gasteiger partial charge on any atom is 0.231 e. The van der Waals surface area contributed by atoms with Crippen LogP contribution < -0.4 is 23.8 Å². The van der Waals surface area contributed by atoms with Crippen LogP contribution in [-0.2, 0) is 0 Å². The van der Waals surface area contributed by atoms with Gasteiger partial charge < -0.3 is 29.0 Å². The van der Waals surface area contributed by atoms with Crippen molar-refractivity contribution in [1.82, 2.24) is 9.97 Å². The van der Waals surface area contributed by atoms with Crippen molar-refractivity contribution in [3.63, 3.8) is 0 Å². The van der Waals surface area contributed by atoms with Crippen LogP contribution in [-0.4, -0.2) is 54.3 Å². The largest absolute Gasteiger partial charge is 0.488 e. The van der Waals surface area contributed by atoms with Crippen LogP contribution in [0.5, 0.6) is 23.1 Å². The van der Waals surface area contributed by atoms with Crippen LogP contribution in [0.25, 0.3) is 0 Å². The molecule has 1 saturated carbocycles. The fourth-order valence-corrected chi connectivity index (χ4v) is 4.40. The minimum Gasteiger partial charge on any atom is -0.488 e. The molecule has 1 saturated heterocycles. The van der Waals surface area contributed by atoms with Gasteiger partial charge in [-0.2, -0.15) is 4.98 Å². The first-order chi connectivity index (χ1) is 13.7. The van der Waals surface area contributed by atoms with Crippen molar-refractivity contribution in [1.29, 1.82) is 0 Å². The van der Waals surface area contributed by atoms with Gasteiger partial charge in [0.25, 0.3) is 0 Å². The van der Waals surface area contributed by atoms with Gasteiger partial charge in [-0.25, -0.2) is 4.98 Å². The Labute approximate surface area is 163 Å². The third-order valence-corrected chi connectivity index (χ3v) is 5.83. The lowest BCUT2D eigenvalue weighted by Gasteiger charge is -2.35. The molecular weight excluding hydrogens is 362 g/mol. The van der Waals surface area contributed by atoms with Gasteiger partial charge in [-0.15, -0.1) is 0 Å². The smallest absolute Gasteiger partial charge is 0.231 e. The maximum absolute atomic E-state index is 10.7. The van der Waals surface area contributed by atoms with E-state index in [1.165, 1.54) is 0 Å². The lowest BCUT2D eigenvalue weighted by molar-refractivity contribution is -0.0232. The van der Waals surface area contributed by atoms with E-state index in [4.69, 9.17) is 18.9 Å². The Morgan fingerprint density at radius 2 is 1.93 bits per heavy atom. The second kappa shape index (κ2) is 7.01. The summed E-state index contributed by atoms with van der Waals surface area (Å²) in [5.74, 6) is 4.17. The Morgan fingerprint density at radius 1 is 1.11 bits per heavy atom. The summed E-state index contributed by atoms with van der Waals surface area (Å²) in [5.41, 5.74) is 0. The lowest BCUT2D eigenvalue weighted by Crippen LogP contribution is -2.42. The number of fused-ring (bicyclic) bond motifs is 2. The van der Waals surface area contributed by atoms with Crippen LogP contribution in [0.4, 0.5) is 5.95 Å². The second-order valence-corrected chi connectivity index (χ2v) is 7.53. The van der Waals surface area contributed by atoms with E-state index < -0.39 is 6.10 Å². The van der Waals surface area contributed by atoms with Crippen LogP contribution >= 0.6 is 0 Å². The maximum atomic E-state index is 10.7. The zero-order valence-corrected chi connectivity index (χ0v) is 15.7. The molecule has 1 aromatic carbocycles. The first-order valence-corrected chi connectivity index (χ1v) is 9.56. The summed E-state index contributed by atoms with van der Waals surface area (Å²) in [6, 6.07) is 7.27. The highest BCUT2D eigenvalue weighted by atomic mass is 16.7. The van der Waals surface area contributed by atoms with Crippen molar-refractivity contribution >= 4 is 5.95 Å². The van der Waals surface area contributed by atoms with Crippen molar-refractivity contribution in [2.24, 2.45) is 11.8 Å². The summed E-state index contributed by atoms with van der Waals surface area (Å²) in [7, 11) is 1.60. The number of aromatic nitrogens is 2. The number of anilines is 1. The van der Waals surface area contributed by atoms with Crippen LogP contribution in [0.15, 0.2) is 30.5 Å². The molecule has 1 aromatic heterocycles. The van der Waals surface area contributed by atoms with Crippen LogP contribution in [0, 0.1) is 11.8 Å². The molecule has 1 aliphatic carbocycles. The average molecular weight is 385 g/mol. The predicted molar refractivity (Wildman–Crippen MR) is 100.0 cm³/mol. The molecule has 0 spiro atoms. The average Bonchev–Trinajstić information content (AvgIpc) is 3.34. The fraction of sp³-hybridized carbons (Fsp3) is 0.500. The molecule has 3 heterocycles. The van der Waals surface area contributed by atoms with Gasteiger partial charge in [0.15, 0.2) is 11.5 Å². The second-order valence-electron chi connectivity index (χ2n) is 7.53. The third kappa shape index (κ3) is 3.17. The van der Waals surface area contributed by atoms with Crippen LogP contribution in [0.1, 0.15) is 12.8 Å². The number of methoxy groups -OCH3 is 1. The van der Waals surface area contributed by atoms with Gasteiger partial charge >= 0.3 is 0 Å². The molecule has 5 rings (SSSR count). The Bertz CT molecular complexity index is 863. The molecule has 0 radical (unpaired) electrons. The Hall–Kier alpha value is -2.74. The minimum atomic E-state index is -0.502. The molecule has 0 amide bonds. The number of aliphatic hydroxyl groups is 1. The van der Waals surface area contributed by atoms with E-state index in [2.05, 4.69) is 14.9 Å². The van der Waals surface area contributed by atoms with Crippen molar-refractivity contribution in [3.05, 3.63) is 30.5 Å². The van der Waals surface area contributed by atoms with Crippen molar-refractivity contribution in [2.45, 2.75) is 25.0 Å². The number of benzene rings is 1. The van der Waals surface area contributed by atoms with E-state index in [0.29, 0.717) is 41.6 Å². The molecule has 2 aromatic rings. The number of rotatable bonds is 4. The zero-order valence-electron chi connectivity index (χ0n) is 15.7. The van der Waals surface area contributed by atoms with Crippen LogP contribution in [0.2, 0.25) is 0 Å². The molecule has 148 valence electrons. The highest BCUT2D eigenvalue weighted by Crippen LogP contribution is 2.40. The van der Waals surface area contributed by atoms with Gasteiger partial charge in [0, 0.05) is 31.4 Å². The number of hydrogen-bond acceptors (Lipinski definition) is 8. The van der Waals surface area contributed by atoms with Gasteiger partial charge in [-0.05, 0) is 36.8 Å². The summed E-state index contributed by atoms with van der Waals surface area (Å²) in [4.78, 5) is 11.0. The SMILES string of the molecule is COc1ccnc(N2C[C@H]3C[C@@H](Oc4ccc5c(c4)OCO5)[C@H](O)C[C@H]3C2)n1. The van der Waals surface area contributed by atoms with Gasteiger partial charge in [-0.1, -0.05) is 0 Å². The van der Waals surface area contributed by atoms with Crippen molar-refractivity contribution in [2.75, 3.05) is 31.9 Å². The molecule has 2 fully saturated rings. The number of aliphatic hydroxyl groups excluding tert-OH is 1. The molecule has 0 unspecified atom stereocenters. The van der Waals surface area contributed by atoms with Crippen LogP contribution in [0.3, 0.4) is 0 Å². The predicted octanol–water partition coefficient (Wildman–Crippen LogP) is 1.87. The summed E-state index contributed by atoms with van der Waals surface area (Å²) >= 11 is 0. The van der Waals surface area contributed by atoms with Gasteiger partial charge in [0.2, 0.25) is 18.6 Å². The Kier molecular flexibility index (Phi) is 4.35. The Balaban J connectivity index is 1.27. The lowest BCUT2D eigenvalue weighted by atomic mass is 9.78. The third-order valence-electron chi connectivity index (χ3n) is 5.83. The standard InChI is InChI=1S/C20H23N3O5/c1-25-19-4-5-21-20(22-19)23-9-12-6-15(24)17(7-13(12)10-23)28-14-2-3-16-18(8-14)27-11-26-16/h2-5,8,12-13,15,17,24H,6-7,9-11H2,1H3/t12-,13+,15+,17+/m0/s1. The summed E-state index contributed by atoms with van der Waals surface area (Å²) in [6.45, 7) is 1.92. The molecule has 28 heavy (non-hydrogen) atoms. The molecule has 4 atom stereocenters. The summed E-state index contributed by atoms with van der Waals surface area (Å²) < 4.78 is 22.1. The van der Waals surface area contributed by atoms with E-state index >= 15 is 0 Å².